The van der Waals surface area contributed by atoms with Crippen molar-refractivity contribution < 1.29 is 0 Å². The van der Waals surface area contributed by atoms with Gasteiger partial charge in [-0.25, -0.2) is 9.98 Å². The minimum Gasteiger partial charge on any atom is -0.369 e. The summed E-state index contributed by atoms with van der Waals surface area (Å²) in [7, 11) is 3.75. The monoisotopic (exact) mass is 202 g/mol. The average Bonchev–Trinajstić information content (AvgIpc) is 2.25. The van der Waals surface area contributed by atoms with Crippen molar-refractivity contribution in [2.75, 3.05) is 14.1 Å². The first kappa shape index (κ1) is 11.2. The molecule has 1 aromatic heterocycles. The molecule has 0 aliphatic rings. The number of pyridine rings is 1. The molecule has 0 bridgehead atoms. The predicted octanol–water partition coefficient (Wildman–Crippen LogP) is 1.74. The van der Waals surface area contributed by atoms with Gasteiger partial charge in [0.05, 0.1) is 11.9 Å². The van der Waals surface area contributed by atoms with Crippen molar-refractivity contribution in [2.45, 2.75) is 13.3 Å². The zero-order valence-corrected chi connectivity index (χ0v) is 9.23. The van der Waals surface area contributed by atoms with Gasteiger partial charge in [0.25, 0.3) is 0 Å². The van der Waals surface area contributed by atoms with Gasteiger partial charge in [0.2, 0.25) is 0 Å². The molecule has 0 amide bonds. The van der Waals surface area contributed by atoms with E-state index >= 15 is 0 Å². The van der Waals surface area contributed by atoms with Crippen LogP contribution in [0.5, 0.6) is 0 Å². The lowest BCUT2D eigenvalue weighted by Crippen LogP contribution is -2.07. The topological polar surface area (TPSA) is 52.3 Å². The van der Waals surface area contributed by atoms with Gasteiger partial charge in [-0.15, -0.1) is 0 Å². The predicted molar refractivity (Wildman–Crippen MR) is 60.2 cm³/mol. The van der Waals surface area contributed by atoms with Crippen LogP contribution in [0.25, 0.3) is 0 Å². The van der Waals surface area contributed by atoms with E-state index < -0.39 is 0 Å². The summed E-state index contributed by atoms with van der Waals surface area (Å²) in [5, 5.41) is 8.87. The lowest BCUT2D eigenvalue weighted by molar-refractivity contribution is 0.643. The molecular weight excluding hydrogens is 188 g/mol. The maximum Gasteiger partial charge on any atom is 0.171 e. The lowest BCUT2D eigenvalue weighted by Gasteiger charge is -2.04. The average molecular weight is 202 g/mol. The summed E-state index contributed by atoms with van der Waals surface area (Å²) in [6.07, 6.45) is 2.48. The van der Waals surface area contributed by atoms with Crippen molar-refractivity contribution in [1.29, 1.82) is 5.26 Å². The van der Waals surface area contributed by atoms with Gasteiger partial charge in [-0.05, 0) is 18.6 Å². The van der Waals surface area contributed by atoms with E-state index in [4.69, 9.17) is 5.26 Å². The number of aryl methyl sites for hydroxylation is 1. The summed E-state index contributed by atoms with van der Waals surface area (Å²) < 4.78 is 0. The van der Waals surface area contributed by atoms with Crippen LogP contribution in [0.4, 0.5) is 5.82 Å². The van der Waals surface area contributed by atoms with Gasteiger partial charge < -0.3 is 4.90 Å². The minimum atomic E-state index is 0.491. The number of hydrogen-bond donors (Lipinski definition) is 0. The molecule has 0 aliphatic carbocycles. The highest BCUT2D eigenvalue weighted by Gasteiger charge is 2.02. The maximum atomic E-state index is 8.87. The van der Waals surface area contributed by atoms with E-state index in [0.29, 0.717) is 11.4 Å². The minimum absolute atomic E-state index is 0.491. The van der Waals surface area contributed by atoms with Crippen LogP contribution in [0, 0.1) is 11.3 Å². The van der Waals surface area contributed by atoms with Crippen LogP contribution in [-0.2, 0) is 6.42 Å². The van der Waals surface area contributed by atoms with Crippen LogP contribution in [0.2, 0.25) is 0 Å². The molecule has 0 unspecified atom stereocenters. The molecule has 0 saturated carbocycles. The molecule has 78 valence electrons. The van der Waals surface area contributed by atoms with Crippen LogP contribution >= 0.6 is 0 Å². The molecule has 0 N–H and O–H groups in total. The maximum absolute atomic E-state index is 8.87. The molecule has 0 aliphatic heterocycles. The Hall–Kier alpha value is -1.89. The molecule has 0 spiro atoms. The zero-order chi connectivity index (χ0) is 11.3. The van der Waals surface area contributed by atoms with Crippen molar-refractivity contribution in [3.05, 3.63) is 23.4 Å². The Morgan fingerprint density at radius 1 is 1.53 bits per heavy atom. The first-order valence-electron chi connectivity index (χ1n) is 4.78. The Morgan fingerprint density at radius 2 is 2.27 bits per heavy atom. The number of hydrogen-bond acceptors (Lipinski definition) is 3. The van der Waals surface area contributed by atoms with Gasteiger partial charge >= 0.3 is 0 Å². The number of nitriles is 1. The van der Waals surface area contributed by atoms with Gasteiger partial charge in [0.15, 0.2) is 5.82 Å². The summed E-state index contributed by atoms with van der Waals surface area (Å²) in [5.74, 6) is 0.491. The summed E-state index contributed by atoms with van der Waals surface area (Å²) in [6.45, 7) is 2.02. The Balaban J connectivity index is 3.08. The van der Waals surface area contributed by atoms with Crippen molar-refractivity contribution in [2.24, 2.45) is 4.99 Å². The highest BCUT2D eigenvalue weighted by Crippen LogP contribution is 2.15. The van der Waals surface area contributed by atoms with Gasteiger partial charge in [-0.2, -0.15) is 5.26 Å². The van der Waals surface area contributed by atoms with E-state index in [2.05, 4.69) is 16.0 Å². The summed E-state index contributed by atoms with van der Waals surface area (Å²) in [5.41, 5.74) is 1.45. The highest BCUT2D eigenvalue weighted by atomic mass is 15.1. The Bertz CT molecular complexity index is 402. The van der Waals surface area contributed by atoms with Crippen molar-refractivity contribution in [1.82, 2.24) is 9.88 Å². The third-order valence-electron chi connectivity index (χ3n) is 1.83. The second-order valence-electron chi connectivity index (χ2n) is 3.35. The van der Waals surface area contributed by atoms with E-state index in [-0.39, 0.29) is 0 Å². The summed E-state index contributed by atoms with van der Waals surface area (Å²) in [4.78, 5) is 10.2. The second-order valence-corrected chi connectivity index (χ2v) is 3.35. The molecule has 0 atom stereocenters. The Morgan fingerprint density at radius 3 is 2.80 bits per heavy atom. The van der Waals surface area contributed by atoms with E-state index in [1.54, 1.807) is 17.3 Å². The van der Waals surface area contributed by atoms with Gasteiger partial charge in [-0.1, -0.05) is 6.92 Å². The highest BCUT2D eigenvalue weighted by molar-refractivity contribution is 5.62. The Kier molecular flexibility index (Phi) is 3.81. The fraction of sp³-hybridized carbons (Fsp3) is 0.364. The standard InChI is InChI=1S/C11H14N4/c1-4-10-6-5-9(7-12)11(14-10)13-8-15(2)3/h5-6,8H,4H2,1-3H3. The van der Waals surface area contributed by atoms with Crippen molar-refractivity contribution >= 4 is 12.2 Å². The molecule has 0 radical (unpaired) electrons. The fourth-order valence-corrected chi connectivity index (χ4v) is 1.04. The fourth-order valence-electron chi connectivity index (χ4n) is 1.04. The molecule has 1 heterocycles. The molecule has 15 heavy (non-hydrogen) atoms. The molecule has 0 saturated heterocycles. The third kappa shape index (κ3) is 3.06. The number of rotatable bonds is 3. The van der Waals surface area contributed by atoms with Gasteiger partial charge in [0, 0.05) is 19.8 Å². The van der Waals surface area contributed by atoms with Crippen molar-refractivity contribution in [3.63, 3.8) is 0 Å². The molecule has 0 aromatic carbocycles. The molecule has 1 aromatic rings. The second kappa shape index (κ2) is 5.11. The molecule has 0 fully saturated rings. The van der Waals surface area contributed by atoms with E-state index in [1.165, 1.54) is 0 Å². The molecule has 4 heteroatoms. The van der Waals surface area contributed by atoms with Crippen molar-refractivity contribution in [3.8, 4) is 6.07 Å². The van der Waals surface area contributed by atoms with E-state index in [0.717, 1.165) is 12.1 Å². The SMILES string of the molecule is CCc1ccc(C#N)c(N=CN(C)C)n1. The number of aliphatic imine (C=N–C) groups is 1. The first-order valence-corrected chi connectivity index (χ1v) is 4.78. The molecular formula is C11H14N4. The summed E-state index contributed by atoms with van der Waals surface area (Å²) in [6, 6.07) is 5.69. The number of aromatic nitrogens is 1. The first-order chi connectivity index (χ1) is 7.17. The third-order valence-corrected chi connectivity index (χ3v) is 1.83. The van der Waals surface area contributed by atoms with Crippen LogP contribution in [0.15, 0.2) is 17.1 Å². The van der Waals surface area contributed by atoms with Crippen LogP contribution < -0.4 is 0 Å². The number of nitrogens with zero attached hydrogens (tertiary/aromatic N) is 4. The van der Waals surface area contributed by atoms with Gasteiger partial charge in [0.1, 0.15) is 6.07 Å². The molecule has 4 nitrogen and oxygen atoms in total. The zero-order valence-electron chi connectivity index (χ0n) is 9.23. The van der Waals surface area contributed by atoms with Crippen LogP contribution in [0.1, 0.15) is 18.2 Å². The van der Waals surface area contributed by atoms with Crippen LogP contribution in [-0.4, -0.2) is 30.3 Å². The molecule has 1 rings (SSSR count). The largest absolute Gasteiger partial charge is 0.369 e. The van der Waals surface area contributed by atoms with Crippen LogP contribution in [0.3, 0.4) is 0 Å². The normalized spacial score (nSPS) is 10.3. The van der Waals surface area contributed by atoms with Gasteiger partial charge in [-0.3, -0.25) is 0 Å². The quantitative estimate of drug-likeness (QED) is 0.554. The Labute approximate surface area is 89.9 Å². The summed E-state index contributed by atoms with van der Waals surface area (Å²) >= 11 is 0. The lowest BCUT2D eigenvalue weighted by atomic mass is 10.2. The smallest absolute Gasteiger partial charge is 0.171 e. The van der Waals surface area contributed by atoms with E-state index in [9.17, 15) is 0 Å². The van der Waals surface area contributed by atoms with E-state index in [1.807, 2.05) is 27.1 Å².